The molecule has 0 amide bonds. The molecule has 0 spiro atoms. The highest BCUT2D eigenvalue weighted by Gasteiger charge is 2.06. The molecule has 0 atom stereocenters. The van der Waals surface area contributed by atoms with Crippen LogP contribution in [0.1, 0.15) is 0 Å². The Hall–Kier alpha value is -1.28. The van der Waals surface area contributed by atoms with Gasteiger partial charge in [-0.2, -0.15) is 5.26 Å². The molecule has 0 aliphatic rings. The van der Waals surface area contributed by atoms with Crippen LogP contribution in [0.5, 0.6) is 0 Å². The van der Waals surface area contributed by atoms with Crippen LogP contribution in [0.3, 0.4) is 0 Å². The maximum absolute atomic E-state index is 8.53. The highest BCUT2D eigenvalue weighted by Crippen LogP contribution is 1.99. The number of rotatable bonds is 2. The van der Waals surface area contributed by atoms with Crippen LogP contribution in [0.2, 0.25) is 0 Å². The average Bonchev–Trinajstić information content (AvgIpc) is 1.88. The minimum atomic E-state index is 0.0266. The molecule has 0 radical (unpaired) electrons. The summed E-state index contributed by atoms with van der Waals surface area (Å²) in [4.78, 5) is 1.61. The van der Waals surface area contributed by atoms with Gasteiger partial charge in [0.2, 0.25) is 0 Å². The summed E-state index contributed by atoms with van der Waals surface area (Å²) < 4.78 is 0. The molecule has 4 N–H and O–H groups in total. The van der Waals surface area contributed by atoms with Crippen LogP contribution in [-0.2, 0) is 0 Å². The summed E-state index contributed by atoms with van der Waals surface area (Å²) in [5, 5.41) is 8.53. The molecule has 0 bridgehead atoms. The number of hydrogen-bond donors (Lipinski definition) is 2. The standard InChI is InChI=1S/C6H10N4S/c1-10(2)5(8)4(3-7)6(9)11/h8H2,1-2H3,(H2,9,11). The van der Waals surface area contributed by atoms with Crippen molar-refractivity contribution in [2.45, 2.75) is 0 Å². The number of hydrogen-bond acceptors (Lipinski definition) is 4. The lowest BCUT2D eigenvalue weighted by Crippen LogP contribution is -2.25. The molecule has 0 heterocycles. The first-order valence-electron chi connectivity index (χ1n) is 2.87. The van der Waals surface area contributed by atoms with E-state index in [1.165, 1.54) is 0 Å². The van der Waals surface area contributed by atoms with Crippen molar-refractivity contribution >= 4 is 17.2 Å². The van der Waals surface area contributed by atoms with Gasteiger partial charge < -0.3 is 16.4 Å². The summed E-state index contributed by atoms with van der Waals surface area (Å²) in [5.74, 6) is 0.292. The maximum Gasteiger partial charge on any atom is 0.126 e. The van der Waals surface area contributed by atoms with E-state index in [4.69, 9.17) is 16.7 Å². The van der Waals surface area contributed by atoms with Crippen molar-refractivity contribution in [1.82, 2.24) is 4.90 Å². The molecule has 4 nitrogen and oxygen atoms in total. The van der Waals surface area contributed by atoms with Crippen LogP contribution in [-0.4, -0.2) is 24.0 Å². The largest absolute Gasteiger partial charge is 0.389 e. The number of thiocarbonyl (C=S) groups is 1. The first kappa shape index (κ1) is 9.72. The van der Waals surface area contributed by atoms with E-state index in [2.05, 4.69) is 12.2 Å². The molecule has 11 heavy (non-hydrogen) atoms. The summed E-state index contributed by atoms with van der Waals surface area (Å²) >= 11 is 4.60. The van der Waals surface area contributed by atoms with Gasteiger partial charge >= 0.3 is 0 Å². The topological polar surface area (TPSA) is 79.1 Å². The van der Waals surface area contributed by atoms with Gasteiger partial charge in [-0.3, -0.25) is 0 Å². The number of nitrogens with zero attached hydrogens (tertiary/aromatic N) is 2. The summed E-state index contributed by atoms with van der Waals surface area (Å²) in [5.41, 5.74) is 10.9. The summed E-state index contributed by atoms with van der Waals surface area (Å²) in [6.07, 6.45) is 0. The fraction of sp³-hybridized carbons (Fsp3) is 0.333. The van der Waals surface area contributed by atoms with Crippen LogP contribution >= 0.6 is 12.2 Å². The Labute approximate surface area is 71.1 Å². The Bertz CT molecular complexity index is 235. The molecule has 0 fully saturated rings. The molecule has 60 valence electrons. The quantitative estimate of drug-likeness (QED) is 0.333. The van der Waals surface area contributed by atoms with Crippen LogP contribution < -0.4 is 11.5 Å². The molecular weight excluding hydrogens is 160 g/mol. The molecule has 0 saturated heterocycles. The molecule has 0 aliphatic heterocycles. The van der Waals surface area contributed by atoms with Gasteiger partial charge in [-0.15, -0.1) is 0 Å². The predicted octanol–water partition coefficient (Wildman–Crippen LogP) is -0.472. The third-order valence-electron chi connectivity index (χ3n) is 1.10. The van der Waals surface area contributed by atoms with Gasteiger partial charge in [0.1, 0.15) is 22.5 Å². The van der Waals surface area contributed by atoms with Gasteiger partial charge in [0.25, 0.3) is 0 Å². The Kier molecular flexibility index (Phi) is 3.34. The number of nitrogens with two attached hydrogens (primary N) is 2. The second-order valence-corrected chi connectivity index (χ2v) is 2.57. The minimum Gasteiger partial charge on any atom is -0.389 e. The summed E-state index contributed by atoms with van der Waals surface area (Å²) in [6, 6.07) is 1.83. The lowest BCUT2D eigenvalue weighted by atomic mass is 10.3. The van der Waals surface area contributed by atoms with Crippen molar-refractivity contribution in [3.8, 4) is 6.07 Å². The molecule has 0 aromatic rings. The fourth-order valence-electron chi connectivity index (χ4n) is 0.462. The molecule has 0 rings (SSSR count). The highest BCUT2D eigenvalue weighted by atomic mass is 32.1. The third kappa shape index (κ3) is 2.43. The lowest BCUT2D eigenvalue weighted by Gasteiger charge is -2.13. The minimum absolute atomic E-state index is 0.0266. The predicted molar refractivity (Wildman–Crippen MR) is 47.3 cm³/mol. The van der Waals surface area contributed by atoms with Crippen molar-refractivity contribution in [3.63, 3.8) is 0 Å². The zero-order valence-corrected chi connectivity index (χ0v) is 7.27. The van der Waals surface area contributed by atoms with E-state index in [1.807, 2.05) is 6.07 Å². The molecule has 0 aliphatic carbocycles. The van der Waals surface area contributed by atoms with Gasteiger partial charge in [0.15, 0.2) is 0 Å². The molecule has 0 unspecified atom stereocenters. The first-order chi connectivity index (χ1) is 5.00. The molecule has 0 saturated carbocycles. The number of nitriles is 1. The first-order valence-corrected chi connectivity index (χ1v) is 3.28. The van der Waals surface area contributed by atoms with Crippen LogP contribution in [0.15, 0.2) is 11.4 Å². The van der Waals surface area contributed by atoms with Gasteiger partial charge in [0, 0.05) is 14.1 Å². The SMILES string of the molecule is CN(C)C(N)=C(C#N)C(N)=S. The Balaban J connectivity index is 4.88. The summed E-state index contributed by atoms with van der Waals surface area (Å²) in [6.45, 7) is 0. The van der Waals surface area contributed by atoms with Crippen molar-refractivity contribution in [2.75, 3.05) is 14.1 Å². The smallest absolute Gasteiger partial charge is 0.126 e. The van der Waals surface area contributed by atoms with Crippen LogP contribution in [0, 0.1) is 11.3 Å². The van der Waals surface area contributed by atoms with Gasteiger partial charge in [-0.05, 0) is 0 Å². The van der Waals surface area contributed by atoms with Crippen molar-refractivity contribution in [3.05, 3.63) is 11.4 Å². The maximum atomic E-state index is 8.53. The highest BCUT2D eigenvalue weighted by molar-refractivity contribution is 7.80. The molecule has 0 aromatic heterocycles. The van der Waals surface area contributed by atoms with E-state index >= 15 is 0 Å². The zero-order chi connectivity index (χ0) is 9.02. The monoisotopic (exact) mass is 170 g/mol. The van der Waals surface area contributed by atoms with Crippen molar-refractivity contribution < 1.29 is 0 Å². The molecule has 0 aromatic carbocycles. The van der Waals surface area contributed by atoms with Crippen molar-refractivity contribution in [1.29, 1.82) is 5.26 Å². The third-order valence-corrected chi connectivity index (χ3v) is 1.30. The molecular formula is C6H10N4S. The lowest BCUT2D eigenvalue weighted by molar-refractivity contribution is 0.504. The Morgan fingerprint density at radius 1 is 1.45 bits per heavy atom. The van der Waals surface area contributed by atoms with E-state index in [-0.39, 0.29) is 10.6 Å². The van der Waals surface area contributed by atoms with E-state index < -0.39 is 0 Å². The fourth-order valence-corrected chi connectivity index (χ4v) is 0.612. The van der Waals surface area contributed by atoms with Crippen molar-refractivity contribution in [2.24, 2.45) is 11.5 Å². The zero-order valence-electron chi connectivity index (χ0n) is 6.46. The normalized spacial score (nSPS) is 11.4. The summed E-state index contributed by atoms with van der Waals surface area (Å²) in [7, 11) is 3.43. The van der Waals surface area contributed by atoms with Gasteiger partial charge in [-0.25, -0.2) is 0 Å². The van der Waals surface area contributed by atoms with E-state index in [1.54, 1.807) is 19.0 Å². The second kappa shape index (κ2) is 3.78. The average molecular weight is 170 g/mol. The van der Waals surface area contributed by atoms with Gasteiger partial charge in [0.05, 0.1) is 0 Å². The van der Waals surface area contributed by atoms with Gasteiger partial charge in [-0.1, -0.05) is 12.2 Å². The van der Waals surface area contributed by atoms with E-state index in [9.17, 15) is 0 Å². The second-order valence-electron chi connectivity index (χ2n) is 2.13. The Morgan fingerprint density at radius 2 is 1.91 bits per heavy atom. The van der Waals surface area contributed by atoms with Crippen LogP contribution in [0.4, 0.5) is 0 Å². The van der Waals surface area contributed by atoms with E-state index in [0.717, 1.165) is 0 Å². The van der Waals surface area contributed by atoms with E-state index in [0.29, 0.717) is 5.82 Å². The van der Waals surface area contributed by atoms with Crippen LogP contribution in [0.25, 0.3) is 0 Å². The Morgan fingerprint density at radius 3 is 2.00 bits per heavy atom. The molecule has 5 heteroatoms.